The largest absolute Gasteiger partial charge is 0.512 e. The minimum atomic E-state index is -0.110. The zero-order valence-electron chi connectivity index (χ0n) is 21.1. The molecule has 1 amide bonds. The maximum absolute atomic E-state index is 12.6. The maximum Gasteiger partial charge on any atom is 0.256 e. The van der Waals surface area contributed by atoms with Gasteiger partial charge in [-0.15, -0.1) is 0 Å². The summed E-state index contributed by atoms with van der Waals surface area (Å²) in [6.45, 7) is 16.0. The summed E-state index contributed by atoms with van der Waals surface area (Å²) in [4.78, 5) is 20.6. The number of carbonyl (C=O) groups is 2. The molecule has 0 radical (unpaired) electrons. The first-order valence-electron chi connectivity index (χ1n) is 12.0. The van der Waals surface area contributed by atoms with E-state index in [1.807, 2.05) is 64.8 Å². The predicted molar refractivity (Wildman–Crippen MR) is 141 cm³/mol. The van der Waals surface area contributed by atoms with E-state index in [9.17, 15) is 9.90 Å². The summed E-state index contributed by atoms with van der Waals surface area (Å²) in [6, 6.07) is 7.70. The molecule has 0 atom stereocenters. The summed E-state index contributed by atoms with van der Waals surface area (Å²) < 4.78 is 5.47. The van der Waals surface area contributed by atoms with E-state index < -0.39 is 0 Å². The summed E-state index contributed by atoms with van der Waals surface area (Å²) >= 11 is 0. The molecule has 1 saturated carbocycles. The molecule has 3 N–H and O–H groups in total. The van der Waals surface area contributed by atoms with Crippen LogP contribution in [-0.4, -0.2) is 37.6 Å². The second kappa shape index (κ2) is 15.7. The van der Waals surface area contributed by atoms with Crippen LogP contribution >= 0.6 is 0 Å². The zero-order valence-corrected chi connectivity index (χ0v) is 21.1. The second-order valence-corrected chi connectivity index (χ2v) is 7.76. The quantitative estimate of drug-likeness (QED) is 0.167. The number of aliphatic hydroxyl groups excluding tert-OH is 1. The van der Waals surface area contributed by atoms with Gasteiger partial charge in [0.2, 0.25) is 0 Å². The number of benzene rings is 1. The minimum absolute atomic E-state index is 0.110. The van der Waals surface area contributed by atoms with Gasteiger partial charge in [0.25, 0.3) is 5.91 Å². The highest BCUT2D eigenvalue weighted by atomic mass is 16.5. The van der Waals surface area contributed by atoms with Gasteiger partial charge in [-0.25, -0.2) is 0 Å². The number of rotatable bonds is 10. The Morgan fingerprint density at radius 3 is 2.47 bits per heavy atom. The molecule has 0 bridgehead atoms. The fourth-order valence-corrected chi connectivity index (χ4v) is 3.71. The highest BCUT2D eigenvalue weighted by Gasteiger charge is 2.24. The molecule has 1 aliphatic heterocycles. The van der Waals surface area contributed by atoms with Crippen molar-refractivity contribution in [1.29, 1.82) is 0 Å². The number of allylic oxidation sites excluding steroid dienone is 5. The van der Waals surface area contributed by atoms with E-state index in [-0.39, 0.29) is 5.91 Å². The van der Waals surface area contributed by atoms with Gasteiger partial charge in [0.15, 0.2) is 0 Å². The van der Waals surface area contributed by atoms with E-state index in [2.05, 4.69) is 17.2 Å². The lowest BCUT2D eigenvalue weighted by molar-refractivity contribution is -0.110. The van der Waals surface area contributed by atoms with Crippen molar-refractivity contribution in [3.05, 3.63) is 70.7 Å². The maximum atomic E-state index is 12.6. The van der Waals surface area contributed by atoms with Gasteiger partial charge in [0, 0.05) is 36.5 Å². The Morgan fingerprint density at radius 2 is 1.88 bits per heavy atom. The van der Waals surface area contributed by atoms with Crippen molar-refractivity contribution in [1.82, 2.24) is 5.32 Å². The van der Waals surface area contributed by atoms with E-state index in [4.69, 9.17) is 9.53 Å². The van der Waals surface area contributed by atoms with E-state index in [1.54, 1.807) is 0 Å². The number of hydrogen-bond donors (Lipinski definition) is 3. The van der Waals surface area contributed by atoms with Crippen molar-refractivity contribution in [2.75, 3.05) is 25.1 Å². The first-order valence-corrected chi connectivity index (χ1v) is 12.0. The lowest BCUT2D eigenvalue weighted by Gasteiger charge is -2.20. The number of para-hydroxylation sites is 1. The molecule has 0 aromatic heterocycles. The van der Waals surface area contributed by atoms with Gasteiger partial charge < -0.3 is 25.3 Å². The molecule has 1 aromatic carbocycles. The Balaban J connectivity index is 0.00000137. The van der Waals surface area contributed by atoms with Crippen LogP contribution in [-0.2, 0) is 14.3 Å². The highest BCUT2D eigenvalue weighted by molar-refractivity contribution is 6.31. The second-order valence-electron chi connectivity index (χ2n) is 7.76. The van der Waals surface area contributed by atoms with Gasteiger partial charge in [0.05, 0.1) is 17.9 Å². The van der Waals surface area contributed by atoms with E-state index in [0.29, 0.717) is 43.9 Å². The number of amides is 1. The van der Waals surface area contributed by atoms with Crippen LogP contribution in [0.1, 0.15) is 65.4 Å². The normalized spacial score (nSPS) is 15.5. The van der Waals surface area contributed by atoms with Gasteiger partial charge in [0.1, 0.15) is 6.79 Å². The van der Waals surface area contributed by atoms with Crippen LogP contribution in [0.25, 0.3) is 5.57 Å². The predicted octanol–water partition coefficient (Wildman–Crippen LogP) is 6.10. The summed E-state index contributed by atoms with van der Waals surface area (Å²) in [7, 11) is 0. The number of anilines is 1. The van der Waals surface area contributed by atoms with Gasteiger partial charge in [-0.1, -0.05) is 44.2 Å². The Labute approximate surface area is 204 Å². The minimum Gasteiger partial charge on any atom is -0.512 e. The van der Waals surface area contributed by atoms with Crippen molar-refractivity contribution in [3.63, 3.8) is 0 Å². The molecule has 1 fully saturated rings. The fraction of sp³-hybridized carbons (Fsp3) is 0.429. The highest BCUT2D eigenvalue weighted by Crippen LogP contribution is 2.34. The summed E-state index contributed by atoms with van der Waals surface area (Å²) in [5.41, 5.74) is 6.31. The van der Waals surface area contributed by atoms with E-state index in [0.717, 1.165) is 47.4 Å². The monoisotopic (exact) mass is 468 g/mol. The van der Waals surface area contributed by atoms with E-state index in [1.165, 1.54) is 5.57 Å². The molecular formula is C28H40N2O4. The SMILES string of the molecule is C=C(C)/C(CCC(O)=C1CCC1)=C(/C=C1\C(=O)Nc2ccccc21)NCCOCC.C=O.CC. The van der Waals surface area contributed by atoms with Crippen LogP contribution in [0.3, 0.4) is 0 Å². The molecule has 1 aliphatic carbocycles. The Morgan fingerprint density at radius 1 is 1.21 bits per heavy atom. The standard InChI is InChI=1S/C25H32N2O3.C2H6.CH2O/c1-4-30-15-14-26-23(16-21-20-10-5-6-11-22(20)27-25(21)29)19(17(2)3)12-13-24(28)18-8-7-9-18;2*1-2/h5-6,10-11,16,26,28H,2,4,7-9,12-15H2,1,3H3,(H,27,29);1-2H3;1H2/b21-16-,23-19-;;. The third kappa shape index (κ3) is 8.03. The smallest absolute Gasteiger partial charge is 0.256 e. The molecule has 186 valence electrons. The molecule has 0 unspecified atom stereocenters. The first-order chi connectivity index (χ1) is 16.5. The molecule has 0 spiro atoms. The fourth-order valence-electron chi connectivity index (χ4n) is 3.71. The Hall–Kier alpha value is -3.12. The molecule has 1 heterocycles. The molecule has 3 rings (SSSR count). The number of ether oxygens (including phenoxy) is 1. The van der Waals surface area contributed by atoms with Crippen LogP contribution in [0.4, 0.5) is 5.69 Å². The number of fused-ring (bicyclic) bond motifs is 1. The van der Waals surface area contributed by atoms with Crippen LogP contribution < -0.4 is 10.6 Å². The van der Waals surface area contributed by atoms with Crippen LogP contribution in [0.5, 0.6) is 0 Å². The molecule has 0 saturated heterocycles. The number of nitrogens with one attached hydrogen (secondary N) is 2. The molecule has 34 heavy (non-hydrogen) atoms. The summed E-state index contributed by atoms with van der Waals surface area (Å²) in [6.07, 6.45) is 6.31. The Bertz CT molecular complexity index is 922. The Kier molecular flexibility index (Phi) is 13.3. The number of carbonyl (C=O) groups excluding carboxylic acids is 2. The summed E-state index contributed by atoms with van der Waals surface area (Å²) in [5, 5.41) is 16.8. The lowest BCUT2D eigenvalue weighted by Crippen LogP contribution is -2.21. The first kappa shape index (κ1) is 28.9. The zero-order chi connectivity index (χ0) is 25.5. The molecule has 2 aliphatic rings. The third-order valence-electron chi connectivity index (χ3n) is 5.58. The van der Waals surface area contributed by atoms with Crippen LogP contribution in [0, 0.1) is 0 Å². The number of aliphatic hydroxyl groups is 1. The van der Waals surface area contributed by atoms with Crippen LogP contribution in [0.2, 0.25) is 0 Å². The van der Waals surface area contributed by atoms with Crippen LogP contribution in [0.15, 0.2) is 65.1 Å². The average molecular weight is 469 g/mol. The van der Waals surface area contributed by atoms with Gasteiger partial charge in [-0.3, -0.25) is 4.79 Å². The third-order valence-corrected chi connectivity index (χ3v) is 5.58. The molecule has 6 heteroatoms. The van der Waals surface area contributed by atoms with Crippen molar-refractivity contribution < 1.29 is 19.4 Å². The molecular weight excluding hydrogens is 428 g/mol. The lowest BCUT2D eigenvalue weighted by atomic mass is 9.89. The molecule has 6 nitrogen and oxygen atoms in total. The summed E-state index contributed by atoms with van der Waals surface area (Å²) in [5.74, 6) is 0.395. The van der Waals surface area contributed by atoms with Crippen molar-refractivity contribution >= 4 is 24.0 Å². The van der Waals surface area contributed by atoms with Gasteiger partial charge in [-0.2, -0.15) is 0 Å². The topological polar surface area (TPSA) is 87.7 Å². The van der Waals surface area contributed by atoms with Gasteiger partial charge >= 0.3 is 0 Å². The number of hydrogen-bond acceptors (Lipinski definition) is 5. The van der Waals surface area contributed by atoms with Gasteiger partial charge in [-0.05, 0) is 62.8 Å². The van der Waals surface area contributed by atoms with Crippen molar-refractivity contribution in [2.24, 2.45) is 0 Å². The van der Waals surface area contributed by atoms with Crippen molar-refractivity contribution in [2.45, 2.75) is 59.8 Å². The molecule has 1 aromatic rings. The van der Waals surface area contributed by atoms with Crippen molar-refractivity contribution in [3.8, 4) is 0 Å². The van der Waals surface area contributed by atoms with E-state index >= 15 is 0 Å². The average Bonchev–Trinajstić information content (AvgIpc) is 3.12.